The normalized spacial score (nSPS) is 11.8. The number of esters is 1. The first-order chi connectivity index (χ1) is 15.4. The molecule has 5 nitrogen and oxygen atoms in total. The van der Waals surface area contributed by atoms with Crippen molar-refractivity contribution in [2.24, 2.45) is 0 Å². The second-order valence-electron chi connectivity index (χ2n) is 6.95. The van der Waals surface area contributed by atoms with E-state index in [2.05, 4.69) is 4.98 Å². The number of ether oxygens (including phenoxy) is 1. The van der Waals surface area contributed by atoms with Gasteiger partial charge in [-0.25, -0.2) is 9.78 Å². The maximum atomic E-state index is 13.2. The van der Waals surface area contributed by atoms with Crippen LogP contribution in [-0.4, -0.2) is 33.6 Å². The molecule has 0 N–H and O–H groups in total. The van der Waals surface area contributed by atoms with Crippen LogP contribution in [0.4, 0.5) is 8.78 Å². The van der Waals surface area contributed by atoms with E-state index in [-0.39, 0.29) is 22.4 Å². The molecule has 2 aromatic carbocycles. The molecule has 0 bridgehead atoms. The Morgan fingerprint density at radius 3 is 2.03 bits per heavy atom. The van der Waals surface area contributed by atoms with E-state index in [1.54, 1.807) is 4.90 Å². The number of rotatable bonds is 9. The Morgan fingerprint density at radius 1 is 0.938 bits per heavy atom. The Labute approximate surface area is 189 Å². The summed E-state index contributed by atoms with van der Waals surface area (Å²) < 4.78 is 30.9. The van der Waals surface area contributed by atoms with E-state index in [1.165, 1.54) is 25.3 Å². The third-order valence-corrected chi connectivity index (χ3v) is 5.29. The van der Waals surface area contributed by atoms with Gasteiger partial charge in [0.2, 0.25) is 0 Å². The zero-order valence-electron chi connectivity index (χ0n) is 17.4. The van der Waals surface area contributed by atoms with Crippen LogP contribution in [0.2, 0.25) is 0 Å². The highest BCUT2D eigenvalue weighted by atomic mass is 32.2. The van der Waals surface area contributed by atoms with Crippen LogP contribution in [0.5, 0.6) is 0 Å². The maximum absolute atomic E-state index is 13.2. The second kappa shape index (κ2) is 11.4. The lowest BCUT2D eigenvalue weighted by Gasteiger charge is -2.26. The van der Waals surface area contributed by atoms with Crippen molar-refractivity contribution in [3.05, 3.63) is 95.7 Å². The number of halogens is 2. The number of hydrogen-bond donors (Lipinski definition) is 0. The van der Waals surface area contributed by atoms with E-state index in [0.29, 0.717) is 13.1 Å². The molecule has 0 spiro atoms. The molecule has 0 saturated heterocycles. The van der Waals surface area contributed by atoms with Gasteiger partial charge in [0.25, 0.3) is 11.7 Å². The van der Waals surface area contributed by atoms with Gasteiger partial charge >= 0.3 is 5.97 Å². The van der Waals surface area contributed by atoms with Gasteiger partial charge in [-0.15, -0.1) is 0 Å². The van der Waals surface area contributed by atoms with Crippen molar-refractivity contribution < 1.29 is 23.1 Å². The highest BCUT2D eigenvalue weighted by Crippen LogP contribution is 2.27. The van der Waals surface area contributed by atoms with E-state index in [4.69, 9.17) is 4.74 Å². The Balaban J connectivity index is 1.76. The summed E-state index contributed by atoms with van der Waals surface area (Å²) in [7, 11) is 0. The SMILES string of the molecule is CC(OC(=O)c1cccnc1SC(F)F)C(=O)N(Cc1ccccc1)Cc1ccccc1. The van der Waals surface area contributed by atoms with Crippen LogP contribution >= 0.6 is 11.8 Å². The second-order valence-corrected chi connectivity index (χ2v) is 7.93. The zero-order chi connectivity index (χ0) is 22.9. The number of thioether (sulfide) groups is 1. The Morgan fingerprint density at radius 2 is 1.50 bits per heavy atom. The number of alkyl halides is 2. The summed E-state index contributed by atoms with van der Waals surface area (Å²) in [4.78, 5) is 31.2. The number of amides is 1. The summed E-state index contributed by atoms with van der Waals surface area (Å²) in [5, 5.41) is -0.141. The fourth-order valence-electron chi connectivity index (χ4n) is 3.08. The van der Waals surface area contributed by atoms with Crippen molar-refractivity contribution in [3.8, 4) is 0 Å². The standard InChI is InChI=1S/C24H22F2N2O3S/c1-17(31-23(30)20-13-8-14-27-21(20)32-24(25)26)22(29)28(15-18-9-4-2-5-10-18)16-19-11-6-3-7-12-19/h2-14,17,24H,15-16H2,1H3. The molecule has 1 heterocycles. The molecule has 0 aliphatic heterocycles. The molecule has 1 atom stereocenters. The molecule has 3 aromatic rings. The molecule has 32 heavy (non-hydrogen) atoms. The lowest BCUT2D eigenvalue weighted by molar-refractivity contribution is -0.141. The lowest BCUT2D eigenvalue weighted by atomic mass is 10.1. The predicted octanol–water partition coefficient (Wildman–Crippen LogP) is 5.17. The van der Waals surface area contributed by atoms with E-state index in [9.17, 15) is 18.4 Å². The smallest absolute Gasteiger partial charge is 0.341 e. The molecule has 1 aromatic heterocycles. The fourth-order valence-corrected chi connectivity index (χ4v) is 3.64. The van der Waals surface area contributed by atoms with Gasteiger partial charge in [0.15, 0.2) is 6.10 Å². The minimum atomic E-state index is -2.73. The molecule has 1 unspecified atom stereocenters. The minimum absolute atomic E-state index is 0.102. The molecule has 0 aliphatic carbocycles. The van der Waals surface area contributed by atoms with Crippen LogP contribution in [-0.2, 0) is 22.6 Å². The first-order valence-corrected chi connectivity index (χ1v) is 10.8. The van der Waals surface area contributed by atoms with Crippen LogP contribution < -0.4 is 0 Å². The minimum Gasteiger partial charge on any atom is -0.449 e. The van der Waals surface area contributed by atoms with Gasteiger partial charge in [-0.05, 0) is 41.9 Å². The Kier molecular flexibility index (Phi) is 8.33. The first kappa shape index (κ1) is 23.4. The largest absolute Gasteiger partial charge is 0.449 e. The average molecular weight is 457 g/mol. The topological polar surface area (TPSA) is 59.5 Å². The number of carbonyl (C=O) groups is 2. The maximum Gasteiger partial charge on any atom is 0.341 e. The van der Waals surface area contributed by atoms with Gasteiger partial charge in [-0.3, -0.25) is 4.79 Å². The number of aromatic nitrogens is 1. The van der Waals surface area contributed by atoms with Crippen molar-refractivity contribution in [1.29, 1.82) is 0 Å². The molecule has 0 aliphatic rings. The molecule has 166 valence electrons. The third-order valence-electron chi connectivity index (χ3n) is 4.57. The van der Waals surface area contributed by atoms with Crippen molar-refractivity contribution >= 4 is 23.6 Å². The van der Waals surface area contributed by atoms with Crippen molar-refractivity contribution in [3.63, 3.8) is 0 Å². The zero-order valence-corrected chi connectivity index (χ0v) is 18.2. The van der Waals surface area contributed by atoms with Crippen LogP contribution in [0.1, 0.15) is 28.4 Å². The molecular weight excluding hydrogens is 434 g/mol. The lowest BCUT2D eigenvalue weighted by Crippen LogP contribution is -2.39. The third kappa shape index (κ3) is 6.62. The summed E-state index contributed by atoms with van der Waals surface area (Å²) in [5.74, 6) is -4.00. The van der Waals surface area contributed by atoms with Crippen LogP contribution in [0.15, 0.2) is 84.0 Å². The average Bonchev–Trinajstić information content (AvgIpc) is 2.79. The Hall–Kier alpha value is -3.26. The number of carbonyl (C=O) groups excluding carboxylic acids is 2. The monoisotopic (exact) mass is 456 g/mol. The quantitative estimate of drug-likeness (QED) is 0.328. The van der Waals surface area contributed by atoms with E-state index in [0.717, 1.165) is 11.1 Å². The number of nitrogens with zero attached hydrogens (tertiary/aromatic N) is 2. The summed E-state index contributed by atoms with van der Waals surface area (Å²) in [6.45, 7) is 2.13. The van der Waals surface area contributed by atoms with E-state index in [1.807, 2.05) is 60.7 Å². The highest BCUT2D eigenvalue weighted by Gasteiger charge is 2.26. The molecular formula is C24H22F2N2O3S. The number of pyridine rings is 1. The van der Waals surface area contributed by atoms with Crippen LogP contribution in [0.3, 0.4) is 0 Å². The molecule has 3 rings (SSSR count). The number of benzene rings is 2. The molecule has 8 heteroatoms. The molecule has 0 fully saturated rings. The summed E-state index contributed by atoms with van der Waals surface area (Å²) in [5.41, 5.74) is 1.76. The van der Waals surface area contributed by atoms with E-state index < -0.39 is 23.7 Å². The fraction of sp³-hybridized carbons (Fsp3) is 0.208. The Bertz CT molecular complexity index is 994. The van der Waals surface area contributed by atoms with Crippen LogP contribution in [0, 0.1) is 0 Å². The van der Waals surface area contributed by atoms with Gasteiger partial charge in [0.05, 0.1) is 5.56 Å². The summed E-state index contributed by atoms with van der Waals surface area (Å²) >= 11 is 0.158. The van der Waals surface area contributed by atoms with Gasteiger partial charge in [0.1, 0.15) is 5.03 Å². The molecule has 0 saturated carbocycles. The van der Waals surface area contributed by atoms with Crippen molar-refractivity contribution in [1.82, 2.24) is 9.88 Å². The summed E-state index contributed by atoms with van der Waals surface area (Å²) in [6, 6.07) is 21.7. The van der Waals surface area contributed by atoms with Crippen molar-refractivity contribution in [2.75, 3.05) is 0 Å². The molecule has 1 amide bonds. The van der Waals surface area contributed by atoms with Gasteiger partial charge in [-0.1, -0.05) is 60.7 Å². The summed E-state index contributed by atoms with van der Waals surface area (Å²) in [6.07, 6.45) is 0.205. The van der Waals surface area contributed by atoms with E-state index >= 15 is 0 Å². The molecule has 0 radical (unpaired) electrons. The van der Waals surface area contributed by atoms with Gasteiger partial charge < -0.3 is 9.64 Å². The first-order valence-electron chi connectivity index (χ1n) is 9.91. The van der Waals surface area contributed by atoms with Gasteiger partial charge in [0, 0.05) is 19.3 Å². The number of hydrogen-bond acceptors (Lipinski definition) is 5. The van der Waals surface area contributed by atoms with Crippen LogP contribution in [0.25, 0.3) is 0 Å². The predicted molar refractivity (Wildman–Crippen MR) is 118 cm³/mol. The van der Waals surface area contributed by atoms with Gasteiger partial charge in [-0.2, -0.15) is 8.78 Å². The highest BCUT2D eigenvalue weighted by molar-refractivity contribution is 7.99. The van der Waals surface area contributed by atoms with Crippen molar-refractivity contribution in [2.45, 2.75) is 36.9 Å².